The molecule has 0 aromatic carbocycles. The number of carbonyl (C=O) groups is 2. The van der Waals surface area contributed by atoms with Crippen LogP contribution >= 0.6 is 0 Å². The minimum Gasteiger partial charge on any atom is -0.481 e. The predicted octanol–water partition coefficient (Wildman–Crippen LogP) is 2.08. The molecular formula is C13H19F3N2O3. The fourth-order valence-corrected chi connectivity index (χ4v) is 3.26. The zero-order valence-electron chi connectivity index (χ0n) is 11.7. The summed E-state index contributed by atoms with van der Waals surface area (Å²) in [5, 5.41) is 11.6. The Kier molecular flexibility index (Phi) is 4.08. The number of likely N-dealkylation sites (tertiary alicyclic amines) is 1. The second-order valence-corrected chi connectivity index (χ2v) is 6.06. The number of nitrogens with one attached hydrogen (secondary N) is 1. The number of carboxylic acid groups (broad SMARTS) is 1. The Morgan fingerprint density at radius 1 is 1.48 bits per heavy atom. The van der Waals surface area contributed by atoms with Crippen LogP contribution in [0.25, 0.3) is 0 Å². The summed E-state index contributed by atoms with van der Waals surface area (Å²) in [7, 11) is 0. The molecule has 120 valence electrons. The van der Waals surface area contributed by atoms with Crippen molar-refractivity contribution in [3.8, 4) is 0 Å². The zero-order chi connectivity index (χ0) is 15.8. The highest BCUT2D eigenvalue weighted by molar-refractivity contribution is 5.80. The molecule has 21 heavy (non-hydrogen) atoms. The molecule has 1 aliphatic heterocycles. The molecular weight excluding hydrogens is 289 g/mol. The third-order valence-electron chi connectivity index (χ3n) is 4.70. The Morgan fingerprint density at radius 3 is 2.67 bits per heavy atom. The van der Waals surface area contributed by atoms with E-state index in [0.717, 1.165) is 19.8 Å². The van der Waals surface area contributed by atoms with E-state index in [9.17, 15) is 27.9 Å². The molecule has 0 radical (unpaired) electrons. The van der Waals surface area contributed by atoms with Crippen molar-refractivity contribution in [3.63, 3.8) is 0 Å². The summed E-state index contributed by atoms with van der Waals surface area (Å²) in [6.07, 6.45) is -2.26. The van der Waals surface area contributed by atoms with E-state index in [-0.39, 0.29) is 12.5 Å². The van der Waals surface area contributed by atoms with E-state index in [1.165, 1.54) is 4.90 Å². The maximum absolute atomic E-state index is 12.4. The maximum Gasteiger partial charge on any atom is 0.393 e. The second-order valence-electron chi connectivity index (χ2n) is 6.06. The van der Waals surface area contributed by atoms with Gasteiger partial charge in [0.05, 0.1) is 11.3 Å². The molecule has 5 nitrogen and oxygen atoms in total. The molecule has 2 aliphatic rings. The lowest BCUT2D eigenvalue weighted by Crippen LogP contribution is -2.44. The number of fused-ring (bicyclic) bond motifs is 1. The topological polar surface area (TPSA) is 69.6 Å². The van der Waals surface area contributed by atoms with Crippen LogP contribution in [0.3, 0.4) is 0 Å². The molecule has 1 saturated heterocycles. The summed E-state index contributed by atoms with van der Waals surface area (Å²) in [4.78, 5) is 24.7. The Balaban J connectivity index is 1.92. The highest BCUT2D eigenvalue weighted by Gasteiger charge is 2.55. The molecule has 0 spiro atoms. The lowest BCUT2D eigenvalue weighted by Gasteiger charge is -2.24. The van der Waals surface area contributed by atoms with Crippen molar-refractivity contribution in [1.82, 2.24) is 10.2 Å². The van der Waals surface area contributed by atoms with Crippen LogP contribution in [0, 0.1) is 17.3 Å². The van der Waals surface area contributed by atoms with Crippen LogP contribution in [0.15, 0.2) is 0 Å². The van der Waals surface area contributed by atoms with E-state index in [2.05, 4.69) is 5.32 Å². The summed E-state index contributed by atoms with van der Waals surface area (Å²) in [5.41, 5.74) is -0.910. The van der Waals surface area contributed by atoms with E-state index in [4.69, 9.17) is 0 Å². The average Bonchev–Trinajstić information content (AvgIpc) is 2.91. The fraction of sp³-hybridized carbons (Fsp3) is 0.846. The first-order valence-corrected chi connectivity index (χ1v) is 6.99. The summed E-state index contributed by atoms with van der Waals surface area (Å²) in [6.45, 7) is 0.888. The molecule has 2 N–H and O–H groups in total. The van der Waals surface area contributed by atoms with Gasteiger partial charge in [0.1, 0.15) is 0 Å². The van der Waals surface area contributed by atoms with E-state index in [0.29, 0.717) is 13.0 Å². The van der Waals surface area contributed by atoms with Gasteiger partial charge in [-0.25, -0.2) is 4.79 Å². The molecule has 0 aromatic heterocycles. The quantitative estimate of drug-likeness (QED) is 0.838. The normalized spacial score (nSPS) is 30.1. The first-order chi connectivity index (χ1) is 9.67. The number of halogens is 3. The Hall–Kier alpha value is -1.47. The fourth-order valence-electron chi connectivity index (χ4n) is 3.26. The molecule has 0 bridgehead atoms. The molecule has 1 saturated carbocycles. The van der Waals surface area contributed by atoms with Crippen molar-refractivity contribution >= 4 is 12.0 Å². The van der Waals surface area contributed by atoms with Gasteiger partial charge in [-0.3, -0.25) is 4.79 Å². The number of rotatable bonds is 3. The SMILES string of the molecule is CC(CNC(=O)N1C[C@@H]2CCC[C@@]2(C(=O)O)C1)C(F)(F)F. The van der Waals surface area contributed by atoms with Crippen LogP contribution in [-0.4, -0.2) is 47.8 Å². The van der Waals surface area contributed by atoms with Gasteiger partial charge in [0.2, 0.25) is 0 Å². The van der Waals surface area contributed by atoms with Crippen LogP contribution in [0.5, 0.6) is 0 Å². The number of urea groups is 1. The Labute approximate surface area is 120 Å². The molecule has 2 fully saturated rings. The molecule has 0 aromatic rings. The highest BCUT2D eigenvalue weighted by atomic mass is 19.4. The smallest absolute Gasteiger partial charge is 0.393 e. The number of amides is 2. The monoisotopic (exact) mass is 308 g/mol. The number of nitrogens with zero attached hydrogens (tertiary/aromatic N) is 1. The molecule has 1 aliphatic carbocycles. The zero-order valence-corrected chi connectivity index (χ0v) is 11.7. The predicted molar refractivity (Wildman–Crippen MR) is 67.6 cm³/mol. The summed E-state index contributed by atoms with van der Waals surface area (Å²) >= 11 is 0. The first kappa shape index (κ1) is 15.9. The van der Waals surface area contributed by atoms with Gasteiger partial charge in [-0.05, 0) is 18.8 Å². The van der Waals surface area contributed by atoms with Gasteiger partial charge in [0.15, 0.2) is 0 Å². The minimum absolute atomic E-state index is 0.0826. The minimum atomic E-state index is -4.35. The van der Waals surface area contributed by atoms with Gasteiger partial charge in [0.25, 0.3) is 0 Å². The van der Waals surface area contributed by atoms with Crippen LogP contribution in [0.1, 0.15) is 26.2 Å². The van der Waals surface area contributed by atoms with Gasteiger partial charge in [-0.15, -0.1) is 0 Å². The maximum atomic E-state index is 12.4. The van der Waals surface area contributed by atoms with E-state index < -0.39 is 36.1 Å². The van der Waals surface area contributed by atoms with Gasteiger partial charge in [0, 0.05) is 19.6 Å². The van der Waals surface area contributed by atoms with E-state index >= 15 is 0 Å². The standard InChI is InChI=1S/C13H19F3N2O3/c1-8(13(14,15)16)5-17-11(21)18-6-9-3-2-4-12(9,7-18)10(19)20/h8-9H,2-7H2,1H3,(H,17,21)(H,19,20)/t8?,9-,12+/m0/s1. The summed E-state index contributed by atoms with van der Waals surface area (Å²) < 4.78 is 37.2. The van der Waals surface area contributed by atoms with Gasteiger partial charge in [-0.1, -0.05) is 13.3 Å². The first-order valence-electron chi connectivity index (χ1n) is 6.99. The summed E-state index contributed by atoms with van der Waals surface area (Å²) in [5.74, 6) is -2.64. The van der Waals surface area contributed by atoms with Crippen molar-refractivity contribution in [2.75, 3.05) is 19.6 Å². The van der Waals surface area contributed by atoms with Gasteiger partial charge >= 0.3 is 18.2 Å². The number of carboxylic acids is 1. The van der Waals surface area contributed by atoms with Crippen molar-refractivity contribution < 1.29 is 27.9 Å². The number of hydrogen-bond acceptors (Lipinski definition) is 2. The molecule has 2 rings (SSSR count). The number of aliphatic carboxylic acids is 1. The van der Waals surface area contributed by atoms with Crippen LogP contribution in [0.4, 0.5) is 18.0 Å². The van der Waals surface area contributed by atoms with Gasteiger partial charge < -0.3 is 15.3 Å². The number of carbonyl (C=O) groups excluding carboxylic acids is 1. The third-order valence-corrected chi connectivity index (χ3v) is 4.70. The highest BCUT2D eigenvalue weighted by Crippen LogP contribution is 2.48. The lowest BCUT2D eigenvalue weighted by molar-refractivity contribution is -0.167. The molecule has 3 atom stereocenters. The van der Waals surface area contributed by atoms with Crippen LogP contribution in [-0.2, 0) is 4.79 Å². The second kappa shape index (κ2) is 5.38. The lowest BCUT2D eigenvalue weighted by atomic mass is 9.81. The van der Waals surface area contributed by atoms with Crippen molar-refractivity contribution in [1.29, 1.82) is 0 Å². The van der Waals surface area contributed by atoms with E-state index in [1.807, 2.05) is 0 Å². The van der Waals surface area contributed by atoms with Crippen LogP contribution in [0.2, 0.25) is 0 Å². The number of hydrogen-bond donors (Lipinski definition) is 2. The Bertz CT molecular complexity index is 441. The summed E-state index contributed by atoms with van der Waals surface area (Å²) in [6, 6.07) is -0.610. The number of alkyl halides is 3. The molecule has 1 unspecified atom stereocenters. The van der Waals surface area contributed by atoms with Gasteiger partial charge in [-0.2, -0.15) is 13.2 Å². The van der Waals surface area contributed by atoms with Crippen molar-refractivity contribution in [2.24, 2.45) is 17.3 Å². The largest absolute Gasteiger partial charge is 0.481 e. The van der Waals surface area contributed by atoms with E-state index in [1.54, 1.807) is 0 Å². The molecule has 2 amide bonds. The van der Waals surface area contributed by atoms with Crippen LogP contribution < -0.4 is 5.32 Å². The average molecular weight is 308 g/mol. The molecule has 1 heterocycles. The van der Waals surface area contributed by atoms with Crippen molar-refractivity contribution in [3.05, 3.63) is 0 Å². The Morgan fingerprint density at radius 2 is 2.14 bits per heavy atom. The third kappa shape index (κ3) is 2.94. The molecule has 8 heteroatoms. The van der Waals surface area contributed by atoms with Crippen molar-refractivity contribution in [2.45, 2.75) is 32.4 Å².